The Balaban J connectivity index is 5.09. The summed E-state index contributed by atoms with van der Waals surface area (Å²) in [4.78, 5) is 38.2. The third-order valence-corrected chi connectivity index (χ3v) is 3.87. The zero-order valence-corrected chi connectivity index (χ0v) is 17.5. The maximum atomic E-state index is 11.5. The first-order valence-electron chi connectivity index (χ1n) is 8.36. The molecular weight excluding hydrogens is 378 g/mol. The van der Waals surface area contributed by atoms with Gasteiger partial charge in [-0.05, 0) is 13.2 Å². The van der Waals surface area contributed by atoms with Crippen LogP contribution in [0.1, 0.15) is 27.7 Å². The number of carbonyl (C=O) groups excluding carboxylic acids is 3. The minimum atomic E-state index is -0.936. The number of aliphatic imine (C=N–C) groups is 1. The number of ether oxygens (including phenoxy) is 5. The maximum absolute atomic E-state index is 11.5. The van der Waals surface area contributed by atoms with Crippen molar-refractivity contribution in [1.29, 1.82) is 0 Å². The topological polar surface area (TPSA) is 110 Å². The van der Waals surface area contributed by atoms with E-state index in [-0.39, 0.29) is 13.2 Å². The van der Waals surface area contributed by atoms with Crippen molar-refractivity contribution in [3.63, 3.8) is 0 Å². The molecule has 0 aliphatic rings. The summed E-state index contributed by atoms with van der Waals surface area (Å²) in [5.41, 5.74) is 0. The number of esters is 3. The third kappa shape index (κ3) is 12.4. The normalized spacial score (nSPS) is 14.8. The van der Waals surface area contributed by atoms with Crippen LogP contribution in [0.15, 0.2) is 4.99 Å². The highest BCUT2D eigenvalue weighted by atomic mass is 32.2. The van der Waals surface area contributed by atoms with E-state index in [1.54, 1.807) is 14.0 Å². The highest BCUT2D eigenvalue weighted by Gasteiger charge is 2.33. The van der Waals surface area contributed by atoms with Crippen molar-refractivity contribution in [3.8, 4) is 0 Å². The highest BCUT2D eigenvalue weighted by molar-refractivity contribution is 8.13. The van der Waals surface area contributed by atoms with Gasteiger partial charge < -0.3 is 23.7 Å². The lowest BCUT2D eigenvalue weighted by Crippen LogP contribution is -2.45. The Hall–Kier alpha value is -1.65. The number of hydrogen-bond donors (Lipinski definition) is 0. The largest absolute Gasteiger partial charge is 0.463 e. The van der Waals surface area contributed by atoms with Crippen LogP contribution < -0.4 is 0 Å². The quantitative estimate of drug-likeness (QED) is 0.155. The maximum Gasteiger partial charge on any atom is 0.303 e. The van der Waals surface area contributed by atoms with E-state index in [1.165, 1.54) is 32.5 Å². The Labute approximate surface area is 164 Å². The molecule has 9 nitrogen and oxygen atoms in total. The molecule has 0 saturated heterocycles. The zero-order valence-electron chi connectivity index (χ0n) is 16.7. The van der Waals surface area contributed by atoms with E-state index in [0.29, 0.717) is 13.2 Å². The standard InChI is InChI=1S/C17H29NO8S/c1-11(25-13(3)20)17(26-14(4)21)15(9-24-12(2)19)23-8-7-18-16(27-6)10-22-5/h11,15,17H,7-10H2,1-6H3/t11-,15-,17+/m1/s1. The van der Waals surface area contributed by atoms with Crippen LogP contribution >= 0.6 is 11.8 Å². The molecule has 0 fully saturated rings. The van der Waals surface area contributed by atoms with Crippen LogP contribution in [0.25, 0.3) is 0 Å². The SMILES string of the molecule is COCC(=NCCO[C@H](COC(C)=O)[C@@H](OC(C)=O)[C@@H](C)OC(C)=O)SC. The molecule has 27 heavy (non-hydrogen) atoms. The molecule has 0 amide bonds. The van der Waals surface area contributed by atoms with Crippen molar-refractivity contribution < 1.29 is 38.1 Å². The van der Waals surface area contributed by atoms with Gasteiger partial charge in [0.25, 0.3) is 0 Å². The van der Waals surface area contributed by atoms with E-state index in [4.69, 9.17) is 23.7 Å². The van der Waals surface area contributed by atoms with E-state index in [0.717, 1.165) is 5.04 Å². The lowest BCUT2D eigenvalue weighted by atomic mass is 10.1. The van der Waals surface area contributed by atoms with Gasteiger partial charge in [0.1, 0.15) is 18.8 Å². The van der Waals surface area contributed by atoms with E-state index in [2.05, 4.69) is 4.99 Å². The second kappa shape index (κ2) is 14.4. The number of thioether (sulfide) groups is 1. The number of rotatable bonds is 12. The summed E-state index contributed by atoms with van der Waals surface area (Å²) in [5.74, 6) is -1.61. The van der Waals surface area contributed by atoms with Crippen molar-refractivity contribution in [3.05, 3.63) is 0 Å². The van der Waals surface area contributed by atoms with Crippen LogP contribution in [-0.4, -0.2) is 81.0 Å². The van der Waals surface area contributed by atoms with Gasteiger partial charge in [0.05, 0.1) is 24.8 Å². The average molecular weight is 407 g/mol. The van der Waals surface area contributed by atoms with Crippen molar-refractivity contribution >= 4 is 34.7 Å². The Bertz CT molecular complexity index is 511. The summed E-state index contributed by atoms with van der Waals surface area (Å²) < 4.78 is 26.1. The summed E-state index contributed by atoms with van der Waals surface area (Å²) >= 11 is 1.47. The first kappa shape index (κ1) is 25.4. The molecule has 0 unspecified atom stereocenters. The van der Waals surface area contributed by atoms with Crippen molar-refractivity contribution in [2.45, 2.75) is 46.0 Å². The van der Waals surface area contributed by atoms with Crippen LogP contribution in [0.3, 0.4) is 0 Å². The Morgan fingerprint density at radius 2 is 1.67 bits per heavy atom. The smallest absolute Gasteiger partial charge is 0.303 e. The summed E-state index contributed by atoms with van der Waals surface area (Å²) in [6.45, 7) is 6.07. The van der Waals surface area contributed by atoms with E-state index in [1.807, 2.05) is 6.26 Å². The monoisotopic (exact) mass is 407 g/mol. The van der Waals surface area contributed by atoms with Crippen LogP contribution in [0, 0.1) is 0 Å². The molecular formula is C17H29NO8S. The number of carbonyl (C=O) groups is 3. The summed E-state index contributed by atoms with van der Waals surface area (Å²) in [6.07, 6.45) is -0.651. The first-order valence-corrected chi connectivity index (χ1v) is 9.59. The number of methoxy groups -OCH3 is 1. The van der Waals surface area contributed by atoms with Gasteiger partial charge in [0.15, 0.2) is 6.10 Å². The van der Waals surface area contributed by atoms with Gasteiger partial charge in [-0.2, -0.15) is 0 Å². The van der Waals surface area contributed by atoms with Crippen LogP contribution in [0.5, 0.6) is 0 Å². The van der Waals surface area contributed by atoms with Gasteiger partial charge in [-0.25, -0.2) is 0 Å². The van der Waals surface area contributed by atoms with Gasteiger partial charge in [0, 0.05) is 27.9 Å². The molecule has 0 rings (SSSR count). The highest BCUT2D eigenvalue weighted by Crippen LogP contribution is 2.14. The molecule has 0 spiro atoms. The second-order valence-electron chi connectivity index (χ2n) is 5.51. The summed E-state index contributed by atoms with van der Waals surface area (Å²) in [5, 5.41) is 0.808. The summed E-state index contributed by atoms with van der Waals surface area (Å²) in [6, 6.07) is 0. The van der Waals surface area contributed by atoms with E-state index < -0.39 is 36.2 Å². The molecule has 0 heterocycles. The van der Waals surface area contributed by atoms with Crippen molar-refractivity contribution in [2.24, 2.45) is 4.99 Å². The molecule has 3 atom stereocenters. The van der Waals surface area contributed by atoms with Gasteiger partial charge in [0.2, 0.25) is 0 Å². The summed E-state index contributed by atoms with van der Waals surface area (Å²) in [7, 11) is 1.58. The minimum Gasteiger partial charge on any atom is -0.463 e. The number of hydrogen-bond acceptors (Lipinski definition) is 10. The van der Waals surface area contributed by atoms with Crippen LogP contribution in [0.2, 0.25) is 0 Å². The Morgan fingerprint density at radius 3 is 2.15 bits per heavy atom. The Morgan fingerprint density at radius 1 is 1.04 bits per heavy atom. The van der Waals surface area contributed by atoms with E-state index in [9.17, 15) is 14.4 Å². The molecule has 0 radical (unpaired) electrons. The van der Waals surface area contributed by atoms with E-state index >= 15 is 0 Å². The zero-order chi connectivity index (χ0) is 20.8. The fourth-order valence-electron chi connectivity index (χ4n) is 2.10. The molecule has 0 saturated carbocycles. The molecule has 156 valence electrons. The molecule has 0 aliphatic carbocycles. The predicted molar refractivity (Wildman–Crippen MR) is 101 cm³/mol. The molecule has 0 bridgehead atoms. The lowest BCUT2D eigenvalue weighted by molar-refractivity contribution is -0.182. The second-order valence-corrected chi connectivity index (χ2v) is 6.39. The Kier molecular flexibility index (Phi) is 13.5. The van der Waals surface area contributed by atoms with Gasteiger partial charge in [-0.15, -0.1) is 11.8 Å². The van der Waals surface area contributed by atoms with Crippen molar-refractivity contribution in [1.82, 2.24) is 0 Å². The first-order chi connectivity index (χ1) is 12.7. The molecule has 10 heteroatoms. The van der Waals surface area contributed by atoms with Gasteiger partial charge in [-0.1, -0.05) is 0 Å². The third-order valence-electron chi connectivity index (χ3n) is 3.15. The molecule has 0 aromatic rings. The fraction of sp³-hybridized carbons (Fsp3) is 0.765. The van der Waals surface area contributed by atoms with Crippen molar-refractivity contribution in [2.75, 3.05) is 39.7 Å². The molecule has 0 N–H and O–H groups in total. The molecule has 0 aromatic heterocycles. The molecule has 0 aliphatic heterocycles. The minimum absolute atomic E-state index is 0.157. The predicted octanol–water partition coefficient (Wildman–Crippen LogP) is 1.23. The van der Waals surface area contributed by atoms with Crippen LogP contribution in [0.4, 0.5) is 0 Å². The van der Waals surface area contributed by atoms with Gasteiger partial charge in [-0.3, -0.25) is 19.4 Å². The fourth-order valence-corrected chi connectivity index (χ4v) is 2.55. The average Bonchev–Trinajstić information content (AvgIpc) is 2.57. The van der Waals surface area contributed by atoms with Gasteiger partial charge >= 0.3 is 17.9 Å². The van der Waals surface area contributed by atoms with Crippen LogP contribution in [-0.2, 0) is 38.1 Å². The number of nitrogens with zero attached hydrogens (tertiary/aromatic N) is 1. The lowest BCUT2D eigenvalue weighted by Gasteiger charge is -2.30. The molecule has 0 aromatic carbocycles.